The highest BCUT2D eigenvalue weighted by molar-refractivity contribution is 5.83. The second-order valence-corrected chi connectivity index (χ2v) is 3.93. The van der Waals surface area contributed by atoms with E-state index >= 15 is 0 Å². The van der Waals surface area contributed by atoms with E-state index in [0.717, 1.165) is 0 Å². The molecule has 0 aliphatic rings. The Hall–Kier alpha value is -1.95. The van der Waals surface area contributed by atoms with Crippen molar-refractivity contribution < 1.29 is 14.7 Å². The minimum absolute atomic E-state index is 0.508. The first-order valence-corrected chi connectivity index (χ1v) is 5.09. The fourth-order valence-corrected chi connectivity index (χ4v) is 1.46. The summed E-state index contributed by atoms with van der Waals surface area (Å²) in [5, 5.41) is 12.0. The highest BCUT2D eigenvalue weighted by Crippen LogP contribution is 2.21. The molecule has 0 radical (unpaired) electrons. The van der Waals surface area contributed by atoms with Crippen LogP contribution in [0.15, 0.2) is 24.5 Å². The second-order valence-electron chi connectivity index (χ2n) is 3.93. The molecule has 1 heterocycles. The van der Waals surface area contributed by atoms with Crippen molar-refractivity contribution in [3.8, 4) is 0 Å². The van der Waals surface area contributed by atoms with Gasteiger partial charge >= 0.3 is 5.97 Å². The van der Waals surface area contributed by atoms with Crippen LogP contribution in [0.2, 0.25) is 0 Å². The number of nitrogens with one attached hydrogen (secondary N) is 1. The van der Waals surface area contributed by atoms with Crippen LogP contribution in [0, 0.1) is 0 Å². The summed E-state index contributed by atoms with van der Waals surface area (Å²) in [6, 6.07) is 2.41. The van der Waals surface area contributed by atoms with Crippen LogP contribution in [-0.2, 0) is 15.1 Å². The molecule has 0 aromatic carbocycles. The van der Waals surface area contributed by atoms with Crippen LogP contribution in [0.4, 0.5) is 0 Å². The molecule has 2 atom stereocenters. The smallest absolute Gasteiger partial charge is 0.328 e. The number of hydrogen-bond acceptors (Lipinski definition) is 4. The number of primary amides is 1. The summed E-state index contributed by atoms with van der Waals surface area (Å²) in [4.78, 5) is 26.2. The maximum absolute atomic E-state index is 11.3. The van der Waals surface area contributed by atoms with Gasteiger partial charge in [-0.25, -0.2) is 4.79 Å². The molecule has 6 heteroatoms. The number of carbonyl (C=O) groups excluding carboxylic acids is 1. The summed E-state index contributed by atoms with van der Waals surface area (Å²) in [6.07, 6.45) is 2.99. The Balaban J connectivity index is 3.07. The Labute approximate surface area is 98.8 Å². The lowest BCUT2D eigenvalue weighted by Crippen LogP contribution is -2.54. The molecule has 0 saturated carbocycles. The van der Waals surface area contributed by atoms with Gasteiger partial charge in [0.05, 0.1) is 6.04 Å². The SMILES string of the molecule is CC(NC(C)(C(=O)O)c1ccncc1)C(N)=O. The van der Waals surface area contributed by atoms with Crippen LogP contribution in [0.1, 0.15) is 19.4 Å². The summed E-state index contributed by atoms with van der Waals surface area (Å²) in [5.41, 5.74) is 4.24. The Kier molecular flexibility index (Phi) is 3.80. The number of nitrogens with two attached hydrogens (primary N) is 1. The number of carboxylic acids is 1. The molecule has 1 rings (SSSR count). The quantitative estimate of drug-likeness (QED) is 0.660. The van der Waals surface area contributed by atoms with Gasteiger partial charge in [0, 0.05) is 12.4 Å². The van der Waals surface area contributed by atoms with Crippen molar-refractivity contribution in [2.45, 2.75) is 25.4 Å². The normalized spacial score (nSPS) is 15.9. The molecule has 17 heavy (non-hydrogen) atoms. The van der Waals surface area contributed by atoms with E-state index in [4.69, 9.17) is 5.73 Å². The topological polar surface area (TPSA) is 105 Å². The van der Waals surface area contributed by atoms with E-state index in [1.165, 1.54) is 26.2 Å². The second kappa shape index (κ2) is 4.92. The first-order chi connectivity index (χ1) is 7.88. The third kappa shape index (κ3) is 2.79. The highest BCUT2D eigenvalue weighted by Gasteiger charge is 2.37. The number of aromatic nitrogens is 1. The van der Waals surface area contributed by atoms with Gasteiger partial charge < -0.3 is 10.8 Å². The van der Waals surface area contributed by atoms with Crippen LogP contribution in [0.3, 0.4) is 0 Å². The van der Waals surface area contributed by atoms with Crippen molar-refractivity contribution >= 4 is 11.9 Å². The number of carbonyl (C=O) groups is 2. The van der Waals surface area contributed by atoms with Gasteiger partial charge in [0.25, 0.3) is 0 Å². The first kappa shape index (κ1) is 13.1. The predicted molar refractivity (Wildman–Crippen MR) is 61.0 cm³/mol. The molecule has 0 aliphatic carbocycles. The largest absolute Gasteiger partial charge is 0.480 e. The molecule has 92 valence electrons. The zero-order valence-corrected chi connectivity index (χ0v) is 9.68. The van der Waals surface area contributed by atoms with Gasteiger partial charge in [-0.1, -0.05) is 0 Å². The molecule has 0 aliphatic heterocycles. The Morgan fingerprint density at radius 1 is 1.47 bits per heavy atom. The lowest BCUT2D eigenvalue weighted by molar-refractivity contribution is -0.145. The molecule has 4 N–H and O–H groups in total. The van der Waals surface area contributed by atoms with E-state index in [1.807, 2.05) is 0 Å². The average Bonchev–Trinajstić information content (AvgIpc) is 2.29. The zero-order valence-electron chi connectivity index (χ0n) is 9.68. The van der Waals surface area contributed by atoms with E-state index in [0.29, 0.717) is 5.56 Å². The third-order valence-corrected chi connectivity index (χ3v) is 2.62. The summed E-state index contributed by atoms with van der Waals surface area (Å²) in [6.45, 7) is 2.99. The molecule has 0 saturated heterocycles. The van der Waals surface area contributed by atoms with Crippen molar-refractivity contribution in [2.24, 2.45) is 5.73 Å². The molecule has 0 bridgehead atoms. The number of rotatable bonds is 5. The van der Waals surface area contributed by atoms with Crippen LogP contribution >= 0.6 is 0 Å². The average molecular weight is 237 g/mol. The summed E-state index contributed by atoms with van der Waals surface area (Å²) < 4.78 is 0. The number of carboxylic acid groups (broad SMARTS) is 1. The molecule has 1 aromatic heterocycles. The first-order valence-electron chi connectivity index (χ1n) is 5.09. The molecular weight excluding hydrogens is 222 g/mol. The summed E-state index contributed by atoms with van der Waals surface area (Å²) in [5.74, 6) is -1.69. The van der Waals surface area contributed by atoms with Gasteiger partial charge in [0.15, 0.2) is 0 Å². The summed E-state index contributed by atoms with van der Waals surface area (Å²) >= 11 is 0. The molecular formula is C11H15N3O3. The molecule has 1 amide bonds. The van der Waals surface area contributed by atoms with E-state index in [-0.39, 0.29) is 0 Å². The lowest BCUT2D eigenvalue weighted by atomic mass is 9.92. The highest BCUT2D eigenvalue weighted by atomic mass is 16.4. The van der Waals surface area contributed by atoms with Gasteiger partial charge in [-0.2, -0.15) is 0 Å². The predicted octanol–water partition coefficient (Wildman–Crippen LogP) is -0.155. The number of pyridine rings is 1. The third-order valence-electron chi connectivity index (χ3n) is 2.62. The molecule has 0 spiro atoms. The summed E-state index contributed by atoms with van der Waals surface area (Å²) in [7, 11) is 0. The van der Waals surface area contributed by atoms with Crippen molar-refractivity contribution in [1.29, 1.82) is 0 Å². The van der Waals surface area contributed by atoms with Crippen molar-refractivity contribution in [3.63, 3.8) is 0 Å². The zero-order chi connectivity index (χ0) is 13.1. The molecule has 1 aromatic rings. The number of hydrogen-bond donors (Lipinski definition) is 3. The Bertz CT molecular complexity index is 421. The van der Waals surface area contributed by atoms with Crippen molar-refractivity contribution in [1.82, 2.24) is 10.3 Å². The van der Waals surface area contributed by atoms with Crippen LogP contribution in [-0.4, -0.2) is 28.0 Å². The molecule has 6 nitrogen and oxygen atoms in total. The monoisotopic (exact) mass is 237 g/mol. The van der Waals surface area contributed by atoms with E-state index in [9.17, 15) is 14.7 Å². The fraction of sp³-hybridized carbons (Fsp3) is 0.364. The van der Waals surface area contributed by atoms with Crippen molar-refractivity contribution in [2.75, 3.05) is 0 Å². The van der Waals surface area contributed by atoms with E-state index in [2.05, 4.69) is 10.3 Å². The van der Waals surface area contributed by atoms with Crippen LogP contribution in [0.5, 0.6) is 0 Å². The number of amides is 1. The van der Waals surface area contributed by atoms with Crippen LogP contribution in [0.25, 0.3) is 0 Å². The maximum Gasteiger partial charge on any atom is 0.328 e. The van der Waals surface area contributed by atoms with Gasteiger partial charge in [-0.3, -0.25) is 15.1 Å². The fourth-order valence-electron chi connectivity index (χ4n) is 1.46. The Morgan fingerprint density at radius 2 is 2.00 bits per heavy atom. The minimum atomic E-state index is -1.38. The van der Waals surface area contributed by atoms with Gasteiger partial charge in [-0.15, -0.1) is 0 Å². The minimum Gasteiger partial charge on any atom is -0.480 e. The maximum atomic E-state index is 11.3. The Morgan fingerprint density at radius 3 is 2.41 bits per heavy atom. The standard InChI is InChI=1S/C11H15N3O3/c1-7(9(12)15)14-11(2,10(16)17)8-3-5-13-6-4-8/h3-7,14H,1-2H3,(H2,12,15)(H,16,17). The number of nitrogens with zero attached hydrogens (tertiary/aromatic N) is 1. The van der Waals surface area contributed by atoms with Gasteiger partial charge in [0.2, 0.25) is 5.91 Å². The van der Waals surface area contributed by atoms with Crippen molar-refractivity contribution in [3.05, 3.63) is 30.1 Å². The molecule has 0 fully saturated rings. The van der Waals surface area contributed by atoms with Gasteiger partial charge in [0.1, 0.15) is 5.54 Å². The lowest BCUT2D eigenvalue weighted by Gasteiger charge is -2.29. The van der Waals surface area contributed by atoms with Crippen LogP contribution < -0.4 is 11.1 Å². The van der Waals surface area contributed by atoms with E-state index < -0.39 is 23.5 Å². The molecule has 2 unspecified atom stereocenters. The van der Waals surface area contributed by atoms with E-state index in [1.54, 1.807) is 12.1 Å². The number of aliphatic carboxylic acids is 1. The van der Waals surface area contributed by atoms with Gasteiger partial charge in [-0.05, 0) is 31.5 Å².